The third-order valence-electron chi connectivity index (χ3n) is 1.52. The largest absolute Gasteiger partial charge is 0.476 e. The average molecular weight is 299 g/mol. The summed E-state index contributed by atoms with van der Waals surface area (Å²) >= 11 is 2.92. The molecule has 0 bridgehead atoms. The van der Waals surface area contributed by atoms with Crippen molar-refractivity contribution in [1.82, 2.24) is 0 Å². The van der Waals surface area contributed by atoms with Gasteiger partial charge in [-0.05, 0) is 28.1 Å². The molecule has 0 aliphatic heterocycles. The summed E-state index contributed by atoms with van der Waals surface area (Å²) in [6, 6.07) is 5.53. The zero-order valence-electron chi connectivity index (χ0n) is 7.12. The summed E-state index contributed by atoms with van der Waals surface area (Å²) in [6.45, 7) is 0. The number of hydrogen-bond donors (Lipinski definition) is 1. The average Bonchev–Trinajstić information content (AvgIpc) is 2.17. The van der Waals surface area contributed by atoms with Gasteiger partial charge in [0.1, 0.15) is 10.8 Å². The summed E-state index contributed by atoms with van der Waals surface area (Å²) in [6.07, 6.45) is 0. The number of carbonyl (C=O) groups is 1. The molecule has 0 amide bonds. The van der Waals surface area contributed by atoms with Crippen LogP contribution in [0.3, 0.4) is 0 Å². The highest BCUT2D eigenvalue weighted by Crippen LogP contribution is 2.29. The lowest BCUT2D eigenvalue weighted by Crippen LogP contribution is -2.33. The molecule has 0 fully saturated rings. The number of hydrogen-bond acceptors (Lipinski definition) is 2. The van der Waals surface area contributed by atoms with Gasteiger partial charge in [0.25, 0.3) is 0 Å². The third-order valence-corrected chi connectivity index (χ3v) is 3.87. The van der Waals surface area contributed by atoms with Gasteiger partial charge < -0.3 is 5.11 Å². The number of alkyl halides is 2. The van der Waals surface area contributed by atoms with Crippen molar-refractivity contribution < 1.29 is 22.9 Å². The molecule has 1 aromatic carbocycles. The minimum absolute atomic E-state index is 0.184. The summed E-state index contributed by atoms with van der Waals surface area (Å²) in [5.74, 6) is -2.41. The SMILES string of the molecule is O=C(O)C(F)(F)S(=O)c1ccccc1Br. The Morgan fingerprint density at radius 1 is 1.40 bits per heavy atom. The molecule has 0 aliphatic carbocycles. The van der Waals surface area contributed by atoms with Crippen molar-refractivity contribution >= 4 is 32.7 Å². The topological polar surface area (TPSA) is 54.4 Å². The molecule has 82 valence electrons. The van der Waals surface area contributed by atoms with Crippen molar-refractivity contribution in [2.45, 2.75) is 10.2 Å². The van der Waals surface area contributed by atoms with Crippen LogP contribution >= 0.6 is 15.9 Å². The fourth-order valence-electron chi connectivity index (χ4n) is 0.812. The first-order valence-electron chi connectivity index (χ1n) is 3.65. The number of carboxylic acids is 1. The van der Waals surface area contributed by atoms with Crippen LogP contribution < -0.4 is 0 Å². The summed E-state index contributed by atoms with van der Waals surface area (Å²) < 4.78 is 37.2. The molecular weight excluding hydrogens is 294 g/mol. The van der Waals surface area contributed by atoms with Gasteiger partial charge in [-0.3, -0.25) is 0 Å². The van der Waals surface area contributed by atoms with E-state index in [1.807, 2.05) is 0 Å². The maximum absolute atomic E-state index is 12.9. The zero-order valence-corrected chi connectivity index (χ0v) is 9.52. The van der Waals surface area contributed by atoms with Crippen LogP contribution in [0.4, 0.5) is 8.78 Å². The van der Waals surface area contributed by atoms with Gasteiger partial charge in [-0.2, -0.15) is 8.78 Å². The fourth-order valence-corrected chi connectivity index (χ4v) is 2.42. The molecule has 0 spiro atoms. The van der Waals surface area contributed by atoms with Gasteiger partial charge in [0.05, 0.1) is 4.90 Å². The van der Waals surface area contributed by atoms with E-state index < -0.39 is 22.0 Å². The predicted molar refractivity (Wildman–Crippen MR) is 53.1 cm³/mol. The van der Waals surface area contributed by atoms with E-state index in [2.05, 4.69) is 15.9 Å². The van der Waals surface area contributed by atoms with Gasteiger partial charge in [-0.25, -0.2) is 9.00 Å². The van der Waals surface area contributed by atoms with E-state index >= 15 is 0 Å². The van der Waals surface area contributed by atoms with Gasteiger partial charge in [0.2, 0.25) is 0 Å². The van der Waals surface area contributed by atoms with Crippen molar-refractivity contribution in [3.8, 4) is 0 Å². The Morgan fingerprint density at radius 3 is 2.40 bits per heavy atom. The minimum atomic E-state index is -4.29. The summed E-state index contributed by atoms with van der Waals surface area (Å²) in [4.78, 5) is 9.94. The molecule has 1 rings (SSSR count). The molecule has 0 saturated carbocycles. The van der Waals surface area contributed by atoms with Crippen molar-refractivity contribution in [2.24, 2.45) is 0 Å². The van der Waals surface area contributed by atoms with Crippen molar-refractivity contribution in [3.05, 3.63) is 28.7 Å². The highest BCUT2D eigenvalue weighted by atomic mass is 79.9. The molecule has 7 heteroatoms. The fraction of sp³-hybridized carbons (Fsp3) is 0.125. The summed E-state index contributed by atoms with van der Waals surface area (Å²) in [7, 11) is -2.92. The van der Waals surface area contributed by atoms with Gasteiger partial charge in [0, 0.05) is 4.47 Å². The first-order chi connectivity index (χ1) is 6.87. The predicted octanol–water partition coefficient (Wildman–Crippen LogP) is 2.23. The Labute approximate surface area is 94.7 Å². The molecule has 3 nitrogen and oxygen atoms in total. The highest BCUT2D eigenvalue weighted by molar-refractivity contribution is 9.10. The van der Waals surface area contributed by atoms with E-state index in [0.717, 1.165) is 0 Å². The summed E-state index contributed by atoms with van der Waals surface area (Å²) in [5.41, 5.74) is 0. The number of benzene rings is 1. The Morgan fingerprint density at radius 2 is 1.93 bits per heavy atom. The molecule has 0 radical (unpaired) electrons. The van der Waals surface area contributed by atoms with E-state index in [-0.39, 0.29) is 9.37 Å². The minimum Gasteiger partial charge on any atom is -0.476 e. The molecule has 0 aromatic heterocycles. The van der Waals surface area contributed by atoms with Crippen LogP contribution in [0.5, 0.6) is 0 Å². The quantitative estimate of drug-likeness (QED) is 0.931. The van der Waals surface area contributed by atoms with E-state index in [4.69, 9.17) is 5.11 Å². The van der Waals surface area contributed by atoms with E-state index in [1.54, 1.807) is 6.07 Å². The Balaban J connectivity index is 3.16. The second-order valence-corrected chi connectivity index (χ2v) is 4.87. The third kappa shape index (κ3) is 2.40. The number of halogens is 3. The van der Waals surface area contributed by atoms with Crippen LogP contribution in [0.1, 0.15) is 0 Å². The maximum Gasteiger partial charge on any atom is 0.419 e. The lowest BCUT2D eigenvalue weighted by atomic mass is 10.4. The maximum atomic E-state index is 12.9. The Hall–Kier alpha value is -0.820. The van der Waals surface area contributed by atoms with Crippen LogP contribution in [-0.4, -0.2) is 20.5 Å². The molecule has 0 saturated heterocycles. The van der Waals surface area contributed by atoms with Crippen molar-refractivity contribution in [2.75, 3.05) is 0 Å². The van der Waals surface area contributed by atoms with Crippen LogP contribution in [0, 0.1) is 0 Å². The second kappa shape index (κ2) is 4.36. The highest BCUT2D eigenvalue weighted by Gasteiger charge is 2.47. The van der Waals surface area contributed by atoms with Crippen LogP contribution in [0.25, 0.3) is 0 Å². The van der Waals surface area contributed by atoms with Crippen LogP contribution in [0.2, 0.25) is 0 Å². The number of carboxylic acid groups (broad SMARTS) is 1. The molecule has 15 heavy (non-hydrogen) atoms. The first-order valence-corrected chi connectivity index (χ1v) is 5.59. The van der Waals surface area contributed by atoms with Gasteiger partial charge >= 0.3 is 11.2 Å². The van der Waals surface area contributed by atoms with E-state index in [9.17, 15) is 17.8 Å². The lowest BCUT2D eigenvalue weighted by Gasteiger charge is -2.11. The van der Waals surface area contributed by atoms with Crippen LogP contribution in [-0.2, 0) is 15.6 Å². The zero-order chi connectivity index (χ0) is 11.6. The molecule has 1 unspecified atom stereocenters. The molecule has 0 heterocycles. The normalized spacial score (nSPS) is 13.5. The smallest absolute Gasteiger partial charge is 0.419 e. The van der Waals surface area contributed by atoms with Crippen molar-refractivity contribution in [3.63, 3.8) is 0 Å². The lowest BCUT2D eigenvalue weighted by molar-refractivity contribution is -0.153. The molecular formula is C8H5BrF2O3S. The number of aliphatic carboxylic acids is 1. The van der Waals surface area contributed by atoms with Gasteiger partial charge in [-0.15, -0.1) is 0 Å². The second-order valence-electron chi connectivity index (χ2n) is 2.52. The molecule has 0 aliphatic rings. The van der Waals surface area contributed by atoms with E-state index in [0.29, 0.717) is 0 Å². The number of rotatable bonds is 3. The van der Waals surface area contributed by atoms with Crippen molar-refractivity contribution in [1.29, 1.82) is 0 Å². The van der Waals surface area contributed by atoms with Gasteiger partial charge in [0.15, 0.2) is 0 Å². The molecule has 1 N–H and O–H groups in total. The standard InChI is InChI=1S/C8H5BrF2O3S/c9-5-3-1-2-4-6(5)15(14)8(10,11)7(12)13/h1-4H,(H,12,13). The molecule has 1 atom stereocenters. The van der Waals surface area contributed by atoms with Gasteiger partial charge in [-0.1, -0.05) is 12.1 Å². The van der Waals surface area contributed by atoms with Crippen LogP contribution in [0.15, 0.2) is 33.6 Å². The Bertz CT molecular complexity index is 422. The summed E-state index contributed by atoms with van der Waals surface area (Å²) in [5, 5.41) is 3.92. The monoisotopic (exact) mass is 298 g/mol. The van der Waals surface area contributed by atoms with E-state index in [1.165, 1.54) is 18.2 Å². The Kier molecular flexibility index (Phi) is 3.56. The molecule has 1 aromatic rings. The first kappa shape index (κ1) is 12.3.